The number of aromatic nitrogens is 1. The van der Waals surface area contributed by atoms with Gasteiger partial charge >= 0.3 is 0 Å². The predicted molar refractivity (Wildman–Crippen MR) is 141 cm³/mol. The summed E-state index contributed by atoms with van der Waals surface area (Å²) < 4.78 is 40.0. The molecule has 3 aromatic rings. The molecule has 0 spiro atoms. The summed E-state index contributed by atoms with van der Waals surface area (Å²) >= 11 is 0. The number of carbonyl (C=O) groups is 1. The van der Waals surface area contributed by atoms with E-state index >= 15 is 0 Å². The van der Waals surface area contributed by atoms with E-state index in [-0.39, 0.29) is 35.2 Å². The molecule has 2 N–H and O–H groups in total. The van der Waals surface area contributed by atoms with Gasteiger partial charge in [0.1, 0.15) is 5.84 Å². The number of aliphatic imine (C=N–C) groups is 1. The summed E-state index contributed by atoms with van der Waals surface area (Å²) in [6.07, 6.45) is 0. The molecular weight excluding hydrogens is 492 g/mol. The van der Waals surface area contributed by atoms with Gasteiger partial charge in [-0.2, -0.15) is 0 Å². The lowest BCUT2D eigenvalue weighted by Crippen LogP contribution is -2.54. The van der Waals surface area contributed by atoms with Crippen LogP contribution in [0.3, 0.4) is 0 Å². The van der Waals surface area contributed by atoms with E-state index < -0.39 is 11.6 Å². The maximum Gasteiger partial charge on any atom is 0.256 e. The summed E-state index contributed by atoms with van der Waals surface area (Å²) in [6.45, 7) is 6.27. The fraction of sp³-hybridized carbons (Fsp3) is 0.321. The van der Waals surface area contributed by atoms with Crippen molar-refractivity contribution >= 4 is 17.4 Å². The Morgan fingerprint density at radius 2 is 1.63 bits per heavy atom. The summed E-state index contributed by atoms with van der Waals surface area (Å²) in [7, 11) is 2.58. The van der Waals surface area contributed by atoms with Crippen molar-refractivity contribution in [3.8, 4) is 22.8 Å². The van der Waals surface area contributed by atoms with Gasteiger partial charge in [0.05, 0.1) is 37.7 Å². The molecule has 1 aromatic heterocycles. The second kappa shape index (κ2) is 10.4. The van der Waals surface area contributed by atoms with Crippen LogP contribution in [0.5, 0.6) is 11.5 Å². The summed E-state index contributed by atoms with van der Waals surface area (Å²) in [5, 5.41) is 6.36. The SMILES string of the molecule is COc1cc(OC)c(F)c(-c2ccc3c(n2)CN=C3NC(=O)c2ccc(N3C[C@@H](C)N[C@@H](C)C3)cc2)c1F. The van der Waals surface area contributed by atoms with Gasteiger partial charge in [-0.15, -0.1) is 0 Å². The number of piperazine rings is 1. The van der Waals surface area contributed by atoms with Crippen molar-refractivity contribution in [1.29, 1.82) is 0 Å². The third kappa shape index (κ3) is 4.79. The number of anilines is 1. The first kappa shape index (κ1) is 25.6. The predicted octanol–water partition coefficient (Wildman–Crippen LogP) is 3.92. The largest absolute Gasteiger partial charge is 0.494 e. The number of ether oxygens (including phenoxy) is 2. The zero-order valence-corrected chi connectivity index (χ0v) is 21.6. The van der Waals surface area contributed by atoms with E-state index in [4.69, 9.17) is 9.47 Å². The smallest absolute Gasteiger partial charge is 0.256 e. The van der Waals surface area contributed by atoms with Gasteiger partial charge in [-0.1, -0.05) is 0 Å². The van der Waals surface area contributed by atoms with Gasteiger partial charge in [0.25, 0.3) is 5.91 Å². The van der Waals surface area contributed by atoms with Crippen LogP contribution in [0.2, 0.25) is 0 Å². The number of carbonyl (C=O) groups excluding carboxylic acids is 1. The zero-order chi connectivity index (χ0) is 27.0. The van der Waals surface area contributed by atoms with Crippen LogP contribution >= 0.6 is 0 Å². The molecule has 2 aliphatic rings. The third-order valence-electron chi connectivity index (χ3n) is 6.73. The highest BCUT2D eigenvalue weighted by atomic mass is 19.1. The van der Waals surface area contributed by atoms with Gasteiger partial charge in [0.2, 0.25) is 0 Å². The lowest BCUT2D eigenvalue weighted by Gasteiger charge is -2.37. The Kier molecular flexibility index (Phi) is 6.98. The van der Waals surface area contributed by atoms with Gasteiger partial charge in [0.15, 0.2) is 23.1 Å². The van der Waals surface area contributed by atoms with Crippen LogP contribution in [0.15, 0.2) is 47.5 Å². The minimum absolute atomic E-state index is 0.0749. The van der Waals surface area contributed by atoms with Crippen LogP contribution in [0, 0.1) is 11.6 Å². The highest BCUT2D eigenvalue weighted by molar-refractivity contribution is 6.14. The topological polar surface area (TPSA) is 88.1 Å². The van der Waals surface area contributed by atoms with E-state index in [1.165, 1.54) is 20.3 Å². The van der Waals surface area contributed by atoms with E-state index in [0.717, 1.165) is 24.8 Å². The molecular formula is C28H29F2N5O3. The van der Waals surface area contributed by atoms with Crippen LogP contribution in [0.1, 0.15) is 35.5 Å². The summed E-state index contributed by atoms with van der Waals surface area (Å²) in [4.78, 5) is 24.1. The van der Waals surface area contributed by atoms with E-state index in [0.29, 0.717) is 34.7 Å². The summed E-state index contributed by atoms with van der Waals surface area (Å²) in [5.74, 6) is -2.00. The maximum absolute atomic E-state index is 15.0. The first-order valence-corrected chi connectivity index (χ1v) is 12.4. The Morgan fingerprint density at radius 1 is 1.00 bits per heavy atom. The molecule has 0 bridgehead atoms. The molecule has 2 aromatic carbocycles. The number of nitrogens with zero attached hydrogens (tertiary/aromatic N) is 3. The molecule has 0 radical (unpaired) electrons. The fourth-order valence-corrected chi connectivity index (χ4v) is 4.97. The van der Waals surface area contributed by atoms with Crippen molar-refractivity contribution in [2.75, 3.05) is 32.2 Å². The molecule has 0 aliphatic carbocycles. The molecule has 198 valence electrons. The van der Waals surface area contributed by atoms with Crippen LogP contribution in [0.25, 0.3) is 11.3 Å². The molecule has 5 rings (SSSR count). The first-order valence-electron chi connectivity index (χ1n) is 12.4. The average molecular weight is 522 g/mol. The second-order valence-electron chi connectivity index (χ2n) is 9.51. The lowest BCUT2D eigenvalue weighted by atomic mass is 10.1. The summed E-state index contributed by atoms with van der Waals surface area (Å²) in [6, 6.07) is 12.5. The standard InChI is InChI=1S/C28H29F2N5O3/c1-15-13-35(14-16(2)32-15)18-7-5-17(6-8-18)28(36)34-27-19-9-10-20(33-21(19)12-31-27)24-25(29)22(37-3)11-23(38-4)26(24)30/h5-11,15-16,32H,12-14H2,1-4H3,(H,31,34,36)/t15-,16+. The van der Waals surface area contributed by atoms with E-state index in [1.807, 2.05) is 12.1 Å². The highest BCUT2D eigenvalue weighted by Gasteiger charge is 2.26. The Balaban J connectivity index is 1.33. The average Bonchev–Trinajstić information content (AvgIpc) is 3.30. The minimum atomic E-state index is -0.876. The number of nitrogens with one attached hydrogen (secondary N) is 2. The van der Waals surface area contributed by atoms with Gasteiger partial charge in [0, 0.05) is 48.1 Å². The van der Waals surface area contributed by atoms with Crippen molar-refractivity contribution in [1.82, 2.24) is 15.6 Å². The van der Waals surface area contributed by atoms with Crippen molar-refractivity contribution in [2.24, 2.45) is 4.99 Å². The summed E-state index contributed by atoms with van der Waals surface area (Å²) in [5.41, 5.74) is 2.38. The maximum atomic E-state index is 15.0. The van der Waals surface area contributed by atoms with Crippen LogP contribution in [0.4, 0.5) is 14.5 Å². The van der Waals surface area contributed by atoms with Gasteiger partial charge in [-0.25, -0.2) is 13.8 Å². The van der Waals surface area contributed by atoms with E-state index in [9.17, 15) is 13.6 Å². The van der Waals surface area contributed by atoms with E-state index in [1.54, 1.807) is 18.2 Å². The monoisotopic (exact) mass is 521 g/mol. The molecule has 3 heterocycles. The number of amidine groups is 1. The van der Waals surface area contributed by atoms with Crippen molar-refractivity contribution < 1.29 is 23.0 Å². The number of rotatable bonds is 5. The lowest BCUT2D eigenvalue weighted by molar-refractivity contribution is 0.0977. The number of benzene rings is 2. The number of amides is 1. The van der Waals surface area contributed by atoms with Gasteiger partial charge in [-0.05, 0) is 50.2 Å². The highest BCUT2D eigenvalue weighted by Crippen LogP contribution is 2.37. The molecule has 38 heavy (non-hydrogen) atoms. The number of hydrogen-bond acceptors (Lipinski definition) is 7. The van der Waals surface area contributed by atoms with Crippen LogP contribution < -0.4 is 25.0 Å². The number of fused-ring (bicyclic) bond motifs is 1. The molecule has 0 saturated carbocycles. The molecule has 2 aliphatic heterocycles. The Hall–Kier alpha value is -4.05. The van der Waals surface area contributed by atoms with Crippen molar-refractivity contribution in [3.63, 3.8) is 0 Å². The number of methoxy groups -OCH3 is 2. The van der Waals surface area contributed by atoms with Gasteiger partial charge in [-0.3, -0.25) is 9.79 Å². The number of pyridine rings is 1. The normalized spacial score (nSPS) is 18.6. The van der Waals surface area contributed by atoms with Crippen molar-refractivity contribution in [3.05, 3.63) is 70.9 Å². The van der Waals surface area contributed by atoms with Gasteiger partial charge < -0.3 is 25.0 Å². The zero-order valence-electron chi connectivity index (χ0n) is 21.6. The minimum Gasteiger partial charge on any atom is -0.494 e. The fourth-order valence-electron chi connectivity index (χ4n) is 4.97. The molecule has 1 saturated heterocycles. The van der Waals surface area contributed by atoms with Crippen LogP contribution in [-0.4, -0.2) is 56.1 Å². The second-order valence-corrected chi connectivity index (χ2v) is 9.51. The number of halogens is 2. The molecule has 1 fully saturated rings. The molecule has 8 nitrogen and oxygen atoms in total. The molecule has 2 atom stereocenters. The number of hydrogen-bond donors (Lipinski definition) is 2. The molecule has 1 amide bonds. The Bertz CT molecular complexity index is 1370. The Morgan fingerprint density at radius 3 is 2.24 bits per heavy atom. The van der Waals surface area contributed by atoms with Crippen molar-refractivity contribution in [2.45, 2.75) is 32.5 Å². The van der Waals surface area contributed by atoms with E-state index in [2.05, 4.69) is 39.4 Å². The molecule has 10 heteroatoms. The Labute approximate surface area is 219 Å². The third-order valence-corrected chi connectivity index (χ3v) is 6.73. The van der Waals surface area contributed by atoms with Crippen LogP contribution in [-0.2, 0) is 6.54 Å². The molecule has 0 unspecified atom stereocenters. The quantitative estimate of drug-likeness (QED) is 0.529. The first-order chi connectivity index (χ1) is 18.3.